The first-order chi connectivity index (χ1) is 8.72. The minimum Gasteiger partial charge on any atom is -0.314 e. The molecule has 4 heteroatoms. The number of piperazine rings is 1. The van der Waals surface area contributed by atoms with Gasteiger partial charge in [0, 0.05) is 32.2 Å². The fourth-order valence-corrected chi connectivity index (χ4v) is 2.94. The normalized spacial score (nSPS) is 18.8. The van der Waals surface area contributed by atoms with E-state index in [1.807, 2.05) is 12.1 Å². The second-order valence-electron chi connectivity index (χ2n) is 4.77. The van der Waals surface area contributed by atoms with Crippen molar-refractivity contribution < 1.29 is 0 Å². The molecule has 1 aliphatic rings. The van der Waals surface area contributed by atoms with Gasteiger partial charge in [-0.25, -0.2) is 0 Å². The summed E-state index contributed by atoms with van der Waals surface area (Å²) >= 11 is 12.3. The van der Waals surface area contributed by atoms with E-state index >= 15 is 0 Å². The van der Waals surface area contributed by atoms with Crippen LogP contribution >= 0.6 is 23.2 Å². The Morgan fingerprint density at radius 2 is 2.00 bits per heavy atom. The summed E-state index contributed by atoms with van der Waals surface area (Å²) in [5, 5.41) is 4.76. The molecule has 0 spiro atoms. The smallest absolute Gasteiger partial charge is 0.0624 e. The minimum atomic E-state index is 0.558. The van der Waals surface area contributed by atoms with E-state index in [0.29, 0.717) is 16.1 Å². The monoisotopic (exact) mass is 286 g/mol. The van der Waals surface area contributed by atoms with Crippen molar-refractivity contribution in [2.24, 2.45) is 0 Å². The molecule has 0 bridgehead atoms. The maximum Gasteiger partial charge on any atom is 0.0624 e. The molecule has 0 amide bonds. The Hall–Kier alpha value is -0.280. The molecule has 1 atom stereocenters. The molecule has 1 aromatic rings. The Morgan fingerprint density at radius 1 is 1.28 bits per heavy atom. The van der Waals surface area contributed by atoms with Crippen LogP contribution in [0, 0.1) is 0 Å². The summed E-state index contributed by atoms with van der Waals surface area (Å²) in [4.78, 5) is 2.55. The van der Waals surface area contributed by atoms with E-state index < -0.39 is 0 Å². The number of hydrogen-bond donors (Lipinski definition) is 1. The van der Waals surface area contributed by atoms with Gasteiger partial charge in [0.25, 0.3) is 0 Å². The first kappa shape index (κ1) is 14.1. The Labute approximate surface area is 119 Å². The van der Waals surface area contributed by atoms with E-state index in [1.54, 1.807) is 0 Å². The molecule has 0 radical (unpaired) electrons. The number of nitrogens with zero attached hydrogens (tertiary/aromatic N) is 1. The molecule has 0 aliphatic carbocycles. The Bertz CT molecular complexity index is 389. The lowest BCUT2D eigenvalue weighted by molar-refractivity contribution is 0.167. The number of halogens is 2. The first-order valence-electron chi connectivity index (χ1n) is 6.60. The molecule has 1 fully saturated rings. The first-order valence-corrected chi connectivity index (χ1v) is 7.35. The van der Waals surface area contributed by atoms with Gasteiger partial charge in [-0.1, -0.05) is 42.3 Å². The molecule has 1 unspecified atom stereocenters. The Balaban J connectivity index is 2.07. The standard InChI is InChI=1S/C14H20Cl2N2/c1-2-12(18-8-6-17-7-9-18)10-11-4-3-5-13(15)14(11)16/h3-5,12,17H,2,6-10H2,1H3. The fourth-order valence-electron chi connectivity index (χ4n) is 2.54. The molecule has 1 saturated heterocycles. The predicted molar refractivity (Wildman–Crippen MR) is 78.7 cm³/mol. The zero-order valence-corrected chi connectivity index (χ0v) is 12.3. The van der Waals surface area contributed by atoms with Crippen LogP contribution in [0.4, 0.5) is 0 Å². The molecular weight excluding hydrogens is 267 g/mol. The van der Waals surface area contributed by atoms with Crippen LogP contribution in [0.1, 0.15) is 18.9 Å². The lowest BCUT2D eigenvalue weighted by Gasteiger charge is -2.34. The molecule has 0 aromatic heterocycles. The van der Waals surface area contributed by atoms with E-state index in [1.165, 1.54) is 0 Å². The highest BCUT2D eigenvalue weighted by molar-refractivity contribution is 6.42. The van der Waals surface area contributed by atoms with Crippen molar-refractivity contribution in [3.63, 3.8) is 0 Å². The van der Waals surface area contributed by atoms with Gasteiger partial charge in [-0.05, 0) is 24.5 Å². The van der Waals surface area contributed by atoms with E-state index in [4.69, 9.17) is 23.2 Å². The van der Waals surface area contributed by atoms with Crippen LogP contribution in [-0.4, -0.2) is 37.1 Å². The van der Waals surface area contributed by atoms with Crippen molar-refractivity contribution >= 4 is 23.2 Å². The fraction of sp³-hybridized carbons (Fsp3) is 0.571. The van der Waals surface area contributed by atoms with Gasteiger partial charge in [-0.2, -0.15) is 0 Å². The quantitative estimate of drug-likeness (QED) is 0.914. The molecule has 0 saturated carbocycles. The van der Waals surface area contributed by atoms with Crippen LogP contribution in [0.2, 0.25) is 10.0 Å². The van der Waals surface area contributed by atoms with E-state index in [-0.39, 0.29) is 0 Å². The minimum absolute atomic E-state index is 0.558. The van der Waals surface area contributed by atoms with Crippen LogP contribution in [0.5, 0.6) is 0 Å². The topological polar surface area (TPSA) is 15.3 Å². The summed E-state index contributed by atoms with van der Waals surface area (Å²) in [5.41, 5.74) is 1.16. The molecule has 1 heterocycles. The summed E-state index contributed by atoms with van der Waals surface area (Å²) in [6.07, 6.45) is 2.12. The largest absolute Gasteiger partial charge is 0.314 e. The number of nitrogens with one attached hydrogen (secondary N) is 1. The number of hydrogen-bond acceptors (Lipinski definition) is 2. The zero-order valence-electron chi connectivity index (χ0n) is 10.8. The second-order valence-corrected chi connectivity index (χ2v) is 5.55. The summed E-state index contributed by atoms with van der Waals surface area (Å²) in [7, 11) is 0. The zero-order chi connectivity index (χ0) is 13.0. The van der Waals surface area contributed by atoms with Gasteiger partial charge in [0.1, 0.15) is 0 Å². The molecule has 1 aliphatic heterocycles. The van der Waals surface area contributed by atoms with Crippen LogP contribution in [-0.2, 0) is 6.42 Å². The number of rotatable bonds is 4. The molecule has 18 heavy (non-hydrogen) atoms. The van der Waals surface area contributed by atoms with Crippen molar-refractivity contribution in [1.82, 2.24) is 10.2 Å². The summed E-state index contributed by atoms with van der Waals surface area (Å²) in [6, 6.07) is 6.47. The highest BCUT2D eigenvalue weighted by Crippen LogP contribution is 2.27. The SMILES string of the molecule is CCC(Cc1cccc(Cl)c1Cl)N1CCNCC1. The van der Waals surface area contributed by atoms with Gasteiger partial charge in [0.15, 0.2) is 0 Å². The van der Waals surface area contributed by atoms with Crippen molar-refractivity contribution in [1.29, 1.82) is 0 Å². The summed E-state index contributed by atoms with van der Waals surface area (Å²) in [5.74, 6) is 0. The average molecular weight is 287 g/mol. The third-order valence-corrected chi connectivity index (χ3v) is 4.48. The third-order valence-electron chi connectivity index (χ3n) is 3.63. The number of benzene rings is 1. The van der Waals surface area contributed by atoms with Gasteiger partial charge >= 0.3 is 0 Å². The highest BCUT2D eigenvalue weighted by atomic mass is 35.5. The maximum atomic E-state index is 6.27. The maximum absolute atomic E-state index is 6.27. The molecule has 1 aromatic carbocycles. The van der Waals surface area contributed by atoms with Gasteiger partial charge in [0.05, 0.1) is 10.0 Å². The average Bonchev–Trinajstić information content (AvgIpc) is 2.41. The van der Waals surface area contributed by atoms with Gasteiger partial charge in [-0.15, -0.1) is 0 Å². The summed E-state index contributed by atoms with van der Waals surface area (Å²) < 4.78 is 0. The van der Waals surface area contributed by atoms with Crippen LogP contribution < -0.4 is 5.32 Å². The van der Waals surface area contributed by atoms with E-state index in [0.717, 1.165) is 44.6 Å². The van der Waals surface area contributed by atoms with Gasteiger partial charge < -0.3 is 5.32 Å². The molecule has 2 rings (SSSR count). The van der Waals surface area contributed by atoms with Crippen molar-refractivity contribution in [2.75, 3.05) is 26.2 Å². The van der Waals surface area contributed by atoms with Crippen molar-refractivity contribution in [3.8, 4) is 0 Å². The third kappa shape index (κ3) is 3.39. The highest BCUT2D eigenvalue weighted by Gasteiger charge is 2.20. The summed E-state index contributed by atoms with van der Waals surface area (Å²) in [6.45, 7) is 6.65. The van der Waals surface area contributed by atoms with Crippen molar-refractivity contribution in [2.45, 2.75) is 25.8 Å². The van der Waals surface area contributed by atoms with Crippen LogP contribution in [0.3, 0.4) is 0 Å². The van der Waals surface area contributed by atoms with E-state index in [2.05, 4.69) is 23.2 Å². The van der Waals surface area contributed by atoms with Crippen LogP contribution in [0.15, 0.2) is 18.2 Å². The Kier molecular flexibility index (Phi) is 5.31. The second kappa shape index (κ2) is 6.76. The van der Waals surface area contributed by atoms with Gasteiger partial charge in [0.2, 0.25) is 0 Å². The van der Waals surface area contributed by atoms with Gasteiger partial charge in [-0.3, -0.25) is 4.90 Å². The Morgan fingerprint density at radius 3 is 2.67 bits per heavy atom. The van der Waals surface area contributed by atoms with Crippen molar-refractivity contribution in [3.05, 3.63) is 33.8 Å². The molecule has 2 nitrogen and oxygen atoms in total. The molecule has 100 valence electrons. The lowest BCUT2D eigenvalue weighted by atomic mass is 10.0. The predicted octanol–water partition coefficient (Wildman–Crippen LogP) is 3.22. The molecular formula is C14H20Cl2N2. The molecule has 1 N–H and O–H groups in total. The van der Waals surface area contributed by atoms with E-state index in [9.17, 15) is 0 Å². The lowest BCUT2D eigenvalue weighted by Crippen LogP contribution is -2.48. The van der Waals surface area contributed by atoms with Crippen LogP contribution in [0.25, 0.3) is 0 Å².